The molecule has 0 aromatic carbocycles. The van der Waals surface area contributed by atoms with Crippen molar-refractivity contribution in [1.29, 1.82) is 0 Å². The van der Waals surface area contributed by atoms with Gasteiger partial charge in [-0.05, 0) is 37.0 Å². The summed E-state index contributed by atoms with van der Waals surface area (Å²) >= 11 is 0. The quantitative estimate of drug-likeness (QED) is 0.516. The average Bonchev–Trinajstić information content (AvgIpc) is 2.61. The van der Waals surface area contributed by atoms with Gasteiger partial charge in [0.05, 0.1) is 18.1 Å². The van der Waals surface area contributed by atoms with E-state index in [2.05, 4.69) is 6.58 Å². The van der Waals surface area contributed by atoms with Gasteiger partial charge in [-0.15, -0.1) is 0 Å². The smallest absolute Gasteiger partial charge is 0.309 e. The minimum absolute atomic E-state index is 0.0942. The Morgan fingerprint density at radius 3 is 2.74 bits per heavy atom. The van der Waals surface area contributed by atoms with Crippen LogP contribution in [-0.4, -0.2) is 34.5 Å². The molecule has 4 nitrogen and oxygen atoms in total. The molecule has 0 aromatic rings. The highest BCUT2D eigenvalue weighted by atomic mass is 16.6. The number of carbonyl (C=O) groups is 1. The molecular formula is C15H22O4. The normalized spacial score (nSPS) is 43.2. The molecule has 1 heterocycles. The third-order valence-electron chi connectivity index (χ3n) is 4.36. The van der Waals surface area contributed by atoms with Crippen LogP contribution < -0.4 is 0 Å². The number of aliphatic hydroxyl groups is 2. The van der Waals surface area contributed by atoms with E-state index >= 15 is 0 Å². The van der Waals surface area contributed by atoms with Gasteiger partial charge in [-0.3, -0.25) is 4.79 Å². The van der Waals surface area contributed by atoms with Crippen molar-refractivity contribution in [1.82, 2.24) is 0 Å². The first kappa shape index (κ1) is 14.3. The zero-order valence-corrected chi connectivity index (χ0v) is 11.5. The minimum atomic E-state index is -0.722. The van der Waals surface area contributed by atoms with Crippen molar-refractivity contribution in [3.05, 3.63) is 23.8 Å². The molecule has 2 N–H and O–H groups in total. The van der Waals surface area contributed by atoms with E-state index in [1.807, 2.05) is 13.0 Å². The molecule has 0 radical (unpaired) electrons. The predicted octanol–water partition coefficient (Wildman–Crippen LogP) is 1.57. The first-order valence-electron chi connectivity index (χ1n) is 6.82. The molecule has 0 amide bonds. The van der Waals surface area contributed by atoms with Gasteiger partial charge in [0, 0.05) is 12.3 Å². The second kappa shape index (κ2) is 5.47. The summed E-state index contributed by atoms with van der Waals surface area (Å²) < 4.78 is 5.37. The molecule has 0 unspecified atom stereocenters. The van der Waals surface area contributed by atoms with Crippen LogP contribution in [0.5, 0.6) is 0 Å². The second-order valence-electron chi connectivity index (χ2n) is 5.73. The Morgan fingerprint density at radius 1 is 1.37 bits per heavy atom. The lowest BCUT2D eigenvalue weighted by Crippen LogP contribution is -2.26. The molecule has 2 rings (SSSR count). The van der Waals surface area contributed by atoms with Crippen LogP contribution in [0, 0.1) is 11.8 Å². The molecule has 0 spiro atoms. The van der Waals surface area contributed by atoms with Crippen molar-refractivity contribution in [2.45, 2.75) is 51.4 Å². The molecule has 1 saturated heterocycles. The van der Waals surface area contributed by atoms with Crippen LogP contribution in [0.3, 0.4) is 0 Å². The molecule has 1 aliphatic carbocycles. The molecule has 2 aliphatic rings. The molecule has 106 valence electrons. The number of carbonyl (C=O) groups excluding carboxylic acids is 1. The summed E-state index contributed by atoms with van der Waals surface area (Å²) in [4.78, 5) is 11.7. The van der Waals surface area contributed by atoms with Gasteiger partial charge in [0.2, 0.25) is 0 Å². The number of hydrogen-bond acceptors (Lipinski definition) is 4. The third kappa shape index (κ3) is 2.90. The number of esters is 1. The third-order valence-corrected chi connectivity index (χ3v) is 4.36. The van der Waals surface area contributed by atoms with E-state index in [0.717, 1.165) is 17.6 Å². The van der Waals surface area contributed by atoms with Crippen molar-refractivity contribution in [2.75, 3.05) is 0 Å². The van der Waals surface area contributed by atoms with E-state index in [1.54, 1.807) is 6.92 Å². The first-order valence-corrected chi connectivity index (χ1v) is 6.82. The number of hydrogen-bond donors (Lipinski definition) is 2. The van der Waals surface area contributed by atoms with Crippen molar-refractivity contribution in [3.63, 3.8) is 0 Å². The van der Waals surface area contributed by atoms with Crippen LogP contribution in [-0.2, 0) is 9.53 Å². The van der Waals surface area contributed by atoms with Gasteiger partial charge in [-0.25, -0.2) is 0 Å². The summed E-state index contributed by atoms with van der Waals surface area (Å²) in [6.07, 6.45) is 1.83. The van der Waals surface area contributed by atoms with Crippen LogP contribution in [0.4, 0.5) is 0 Å². The van der Waals surface area contributed by atoms with E-state index in [0.29, 0.717) is 6.42 Å². The van der Waals surface area contributed by atoms with Crippen LogP contribution in [0.1, 0.15) is 33.1 Å². The van der Waals surface area contributed by atoms with E-state index in [4.69, 9.17) is 4.74 Å². The predicted molar refractivity (Wildman–Crippen MR) is 71.3 cm³/mol. The van der Waals surface area contributed by atoms with Gasteiger partial charge in [-0.1, -0.05) is 13.5 Å². The van der Waals surface area contributed by atoms with Crippen molar-refractivity contribution in [3.8, 4) is 0 Å². The lowest BCUT2D eigenvalue weighted by Gasteiger charge is -2.24. The van der Waals surface area contributed by atoms with E-state index in [-0.39, 0.29) is 30.3 Å². The summed E-state index contributed by atoms with van der Waals surface area (Å²) in [5.74, 6) is -0.230. The molecular weight excluding hydrogens is 244 g/mol. The monoisotopic (exact) mass is 266 g/mol. The summed E-state index contributed by atoms with van der Waals surface area (Å²) in [5, 5.41) is 20.0. The Balaban J connectivity index is 2.27. The summed E-state index contributed by atoms with van der Waals surface area (Å²) in [6, 6.07) is 0. The lowest BCUT2D eigenvalue weighted by molar-refractivity contribution is -0.142. The summed E-state index contributed by atoms with van der Waals surface area (Å²) in [7, 11) is 0. The van der Waals surface area contributed by atoms with Crippen LogP contribution >= 0.6 is 0 Å². The number of aliphatic hydroxyl groups excluding tert-OH is 2. The van der Waals surface area contributed by atoms with Gasteiger partial charge in [0.1, 0.15) is 6.10 Å². The maximum atomic E-state index is 11.7. The van der Waals surface area contributed by atoms with Gasteiger partial charge >= 0.3 is 5.97 Å². The Labute approximate surface area is 113 Å². The summed E-state index contributed by atoms with van der Waals surface area (Å²) in [6.45, 7) is 7.55. The maximum Gasteiger partial charge on any atom is 0.309 e. The van der Waals surface area contributed by atoms with Gasteiger partial charge in [-0.2, -0.15) is 0 Å². The molecule has 1 aliphatic heterocycles. The standard InChI is InChI=1S/C15H22O4/c1-8-4-5-11-10(3)15(18)19-14(11)6-9(2)13(17)7-12(8)16/h6,10-14,16-17H,1,4-5,7H2,2-3H3/b9-6+/t10-,11-,12+,13+,14+/m0/s1. The zero-order chi connectivity index (χ0) is 14.2. The fraction of sp³-hybridized carbons (Fsp3) is 0.667. The highest BCUT2D eigenvalue weighted by Crippen LogP contribution is 2.35. The van der Waals surface area contributed by atoms with E-state index in [9.17, 15) is 15.0 Å². The van der Waals surface area contributed by atoms with E-state index < -0.39 is 12.2 Å². The largest absolute Gasteiger partial charge is 0.458 e. The minimum Gasteiger partial charge on any atom is -0.458 e. The molecule has 4 heteroatoms. The molecule has 5 atom stereocenters. The number of fused-ring (bicyclic) bond motifs is 1. The van der Waals surface area contributed by atoms with Crippen molar-refractivity contribution < 1.29 is 19.7 Å². The van der Waals surface area contributed by atoms with E-state index in [1.165, 1.54) is 0 Å². The topological polar surface area (TPSA) is 66.8 Å². The highest BCUT2D eigenvalue weighted by Gasteiger charge is 2.41. The van der Waals surface area contributed by atoms with Gasteiger partial charge in [0.15, 0.2) is 0 Å². The maximum absolute atomic E-state index is 11.7. The first-order chi connectivity index (χ1) is 8.90. The van der Waals surface area contributed by atoms with Crippen LogP contribution in [0.25, 0.3) is 0 Å². The second-order valence-corrected chi connectivity index (χ2v) is 5.73. The fourth-order valence-electron chi connectivity index (χ4n) is 2.81. The number of ether oxygens (including phenoxy) is 1. The van der Waals surface area contributed by atoms with Crippen molar-refractivity contribution in [2.24, 2.45) is 11.8 Å². The Kier molecular flexibility index (Phi) is 4.11. The Hall–Kier alpha value is -1.13. The highest BCUT2D eigenvalue weighted by molar-refractivity contribution is 5.75. The van der Waals surface area contributed by atoms with Crippen molar-refractivity contribution >= 4 is 5.97 Å². The molecule has 1 fully saturated rings. The lowest BCUT2D eigenvalue weighted by atomic mass is 9.83. The molecule has 0 bridgehead atoms. The zero-order valence-electron chi connectivity index (χ0n) is 11.5. The average molecular weight is 266 g/mol. The number of rotatable bonds is 0. The molecule has 0 aromatic heterocycles. The van der Waals surface area contributed by atoms with Crippen LogP contribution in [0.2, 0.25) is 0 Å². The Bertz CT molecular complexity index is 412. The fourth-order valence-corrected chi connectivity index (χ4v) is 2.81. The molecule has 19 heavy (non-hydrogen) atoms. The molecule has 0 saturated carbocycles. The van der Waals surface area contributed by atoms with Crippen LogP contribution in [0.15, 0.2) is 23.8 Å². The van der Waals surface area contributed by atoms with Gasteiger partial charge in [0.25, 0.3) is 0 Å². The van der Waals surface area contributed by atoms with Gasteiger partial charge < -0.3 is 14.9 Å². The Morgan fingerprint density at radius 2 is 2.05 bits per heavy atom. The SMILES string of the molecule is C=C1CC[C@H]2[C@H](C)C(=O)O[C@@H]2/C=C(\C)[C@H](O)C[C@H]1O. The summed E-state index contributed by atoms with van der Waals surface area (Å²) in [5.41, 5.74) is 1.46.